The molecule has 7 rings (SSSR count). The van der Waals surface area contributed by atoms with Gasteiger partial charge in [-0.1, -0.05) is 18.2 Å². The Morgan fingerprint density at radius 1 is 0.917 bits per heavy atom. The molecular formula is C25H25N9O2. The molecule has 0 aliphatic carbocycles. The summed E-state index contributed by atoms with van der Waals surface area (Å²) in [6.45, 7) is 4.43. The Balaban J connectivity index is 1.29. The van der Waals surface area contributed by atoms with Crippen LogP contribution in [0.5, 0.6) is 5.75 Å². The first-order valence-corrected chi connectivity index (χ1v) is 12.1. The number of hydrogen-bond acceptors (Lipinski definition) is 9. The third-order valence-electron chi connectivity index (χ3n) is 6.99. The molecule has 1 unspecified atom stereocenters. The van der Waals surface area contributed by atoms with E-state index >= 15 is 0 Å². The van der Waals surface area contributed by atoms with Gasteiger partial charge in [-0.3, -0.25) is 0 Å². The van der Waals surface area contributed by atoms with Gasteiger partial charge in [-0.15, -0.1) is 0 Å². The van der Waals surface area contributed by atoms with E-state index in [4.69, 9.17) is 19.7 Å². The zero-order valence-electron chi connectivity index (χ0n) is 19.6. The normalized spacial score (nSPS) is 18.5. The maximum Gasteiger partial charge on any atom is 0.229 e. The molecule has 182 valence electrons. The number of benzene rings is 1. The first kappa shape index (κ1) is 21.1. The molecule has 11 heteroatoms. The predicted molar refractivity (Wildman–Crippen MR) is 135 cm³/mol. The number of fused-ring (bicyclic) bond motifs is 2. The van der Waals surface area contributed by atoms with Crippen molar-refractivity contribution in [1.82, 2.24) is 34.3 Å². The molecule has 2 saturated heterocycles. The van der Waals surface area contributed by atoms with Crippen molar-refractivity contribution in [3.8, 4) is 11.6 Å². The van der Waals surface area contributed by atoms with Gasteiger partial charge in [0.05, 0.1) is 36.9 Å². The van der Waals surface area contributed by atoms with Crippen molar-refractivity contribution in [2.45, 2.75) is 12.5 Å². The van der Waals surface area contributed by atoms with Crippen LogP contribution in [0.25, 0.3) is 27.9 Å². The van der Waals surface area contributed by atoms with Gasteiger partial charge in [0.2, 0.25) is 5.95 Å². The van der Waals surface area contributed by atoms with Gasteiger partial charge in [0, 0.05) is 38.2 Å². The molecule has 0 amide bonds. The highest BCUT2D eigenvalue weighted by atomic mass is 16.5. The van der Waals surface area contributed by atoms with E-state index in [2.05, 4.69) is 24.4 Å². The van der Waals surface area contributed by atoms with Gasteiger partial charge in [0.1, 0.15) is 11.6 Å². The Labute approximate surface area is 206 Å². The van der Waals surface area contributed by atoms with E-state index in [0.29, 0.717) is 18.4 Å². The second-order valence-corrected chi connectivity index (χ2v) is 9.15. The number of imidazole rings is 1. The third-order valence-corrected chi connectivity index (χ3v) is 6.99. The lowest BCUT2D eigenvalue weighted by Crippen LogP contribution is -2.47. The molecule has 1 atom stereocenters. The van der Waals surface area contributed by atoms with E-state index < -0.39 is 0 Å². The van der Waals surface area contributed by atoms with Crippen molar-refractivity contribution < 1.29 is 9.84 Å². The number of ether oxygens (including phenoxy) is 1. The summed E-state index contributed by atoms with van der Waals surface area (Å²) in [7, 11) is 0. The van der Waals surface area contributed by atoms with E-state index in [1.807, 2.05) is 47.5 Å². The molecule has 2 fully saturated rings. The summed E-state index contributed by atoms with van der Waals surface area (Å²) in [4.78, 5) is 23.5. The number of aromatic hydroxyl groups is 1. The van der Waals surface area contributed by atoms with Crippen LogP contribution in [0.1, 0.15) is 12.5 Å². The van der Waals surface area contributed by atoms with Gasteiger partial charge in [-0.2, -0.15) is 15.1 Å². The summed E-state index contributed by atoms with van der Waals surface area (Å²) < 4.78 is 9.64. The van der Waals surface area contributed by atoms with Crippen LogP contribution in [0.4, 0.5) is 11.8 Å². The van der Waals surface area contributed by atoms with Gasteiger partial charge in [0.15, 0.2) is 17.0 Å². The highest BCUT2D eigenvalue weighted by Gasteiger charge is 2.26. The lowest BCUT2D eigenvalue weighted by Gasteiger charge is -2.35. The number of aromatic nitrogens is 7. The number of piperazine rings is 1. The SMILES string of the molecule is Oc1ccc(N2CCN(c3nc(-n4ncc5ccccc54)c4ncn(C5CCOC5)c4n3)CC2)nc1. The largest absolute Gasteiger partial charge is 0.506 e. The Morgan fingerprint density at radius 2 is 1.78 bits per heavy atom. The molecule has 6 heterocycles. The minimum Gasteiger partial charge on any atom is -0.506 e. The minimum atomic E-state index is 0.169. The Bertz CT molecular complexity index is 1530. The Morgan fingerprint density at radius 3 is 2.58 bits per heavy atom. The average Bonchev–Trinajstić information content (AvgIpc) is 3.68. The second kappa shape index (κ2) is 8.45. The van der Waals surface area contributed by atoms with Crippen LogP contribution in [0.15, 0.2) is 55.1 Å². The average molecular weight is 484 g/mol. The van der Waals surface area contributed by atoms with Crippen molar-refractivity contribution in [3.05, 3.63) is 55.1 Å². The molecule has 2 aliphatic rings. The van der Waals surface area contributed by atoms with Crippen LogP contribution in [0.3, 0.4) is 0 Å². The summed E-state index contributed by atoms with van der Waals surface area (Å²) in [5.41, 5.74) is 2.50. The molecule has 1 N–H and O–H groups in total. The lowest BCUT2D eigenvalue weighted by atomic mass is 10.2. The van der Waals surface area contributed by atoms with E-state index in [-0.39, 0.29) is 11.8 Å². The van der Waals surface area contributed by atoms with E-state index in [1.54, 1.807) is 6.07 Å². The van der Waals surface area contributed by atoms with Crippen LogP contribution in [0, 0.1) is 0 Å². The quantitative estimate of drug-likeness (QED) is 0.412. The molecular weight excluding hydrogens is 458 g/mol. The summed E-state index contributed by atoms with van der Waals surface area (Å²) >= 11 is 0. The smallest absolute Gasteiger partial charge is 0.229 e. The first-order valence-electron chi connectivity index (χ1n) is 12.1. The van der Waals surface area contributed by atoms with Crippen molar-refractivity contribution in [2.75, 3.05) is 49.2 Å². The lowest BCUT2D eigenvalue weighted by molar-refractivity contribution is 0.187. The number of pyridine rings is 1. The van der Waals surface area contributed by atoms with E-state index in [9.17, 15) is 5.11 Å². The number of rotatable bonds is 4. The fourth-order valence-corrected chi connectivity index (χ4v) is 5.03. The standard InChI is InChI=1S/C25H25N9O2/c35-19-5-6-21(26-14-19)31-8-10-32(11-9-31)25-29-23-22(27-16-33(23)18-7-12-36-15-18)24(30-25)34-20-4-2-1-3-17(20)13-28-34/h1-6,13-14,16,18,35H,7-12,15H2. The first-order chi connectivity index (χ1) is 17.7. The van der Waals surface area contributed by atoms with E-state index in [0.717, 1.165) is 67.1 Å². The number of para-hydroxylation sites is 1. The van der Waals surface area contributed by atoms with Crippen molar-refractivity contribution in [2.24, 2.45) is 0 Å². The van der Waals surface area contributed by atoms with Gasteiger partial charge in [0.25, 0.3) is 0 Å². The van der Waals surface area contributed by atoms with Crippen LogP contribution in [-0.4, -0.2) is 78.8 Å². The topological polar surface area (TPSA) is 110 Å². The monoisotopic (exact) mass is 483 g/mol. The maximum atomic E-state index is 9.56. The van der Waals surface area contributed by atoms with E-state index in [1.165, 1.54) is 6.20 Å². The maximum absolute atomic E-state index is 9.56. The zero-order valence-corrected chi connectivity index (χ0v) is 19.6. The molecule has 2 aliphatic heterocycles. The predicted octanol–water partition coefficient (Wildman–Crippen LogP) is 2.55. The fraction of sp³-hybridized carbons (Fsp3) is 0.320. The molecule has 0 saturated carbocycles. The molecule has 0 spiro atoms. The Kier molecular flexibility index (Phi) is 4.95. The summed E-state index contributed by atoms with van der Waals surface area (Å²) in [6, 6.07) is 11.8. The molecule has 36 heavy (non-hydrogen) atoms. The summed E-state index contributed by atoms with van der Waals surface area (Å²) in [6.07, 6.45) is 6.12. The molecule has 11 nitrogen and oxygen atoms in total. The summed E-state index contributed by atoms with van der Waals surface area (Å²) in [5.74, 6) is 2.36. The van der Waals surface area contributed by atoms with Crippen molar-refractivity contribution in [1.29, 1.82) is 0 Å². The van der Waals surface area contributed by atoms with Crippen LogP contribution in [-0.2, 0) is 4.74 Å². The summed E-state index contributed by atoms with van der Waals surface area (Å²) in [5, 5.41) is 15.3. The second-order valence-electron chi connectivity index (χ2n) is 9.15. The van der Waals surface area contributed by atoms with Gasteiger partial charge >= 0.3 is 0 Å². The van der Waals surface area contributed by atoms with Crippen LogP contribution in [0.2, 0.25) is 0 Å². The molecule has 5 aromatic rings. The van der Waals surface area contributed by atoms with Gasteiger partial charge in [-0.05, 0) is 24.6 Å². The molecule has 1 aromatic carbocycles. The molecule has 0 radical (unpaired) electrons. The van der Waals surface area contributed by atoms with Crippen molar-refractivity contribution >= 4 is 33.8 Å². The Hall–Kier alpha value is -4.25. The number of nitrogens with zero attached hydrogens (tertiary/aromatic N) is 9. The zero-order chi connectivity index (χ0) is 24.1. The van der Waals surface area contributed by atoms with Crippen LogP contribution >= 0.6 is 0 Å². The van der Waals surface area contributed by atoms with Crippen LogP contribution < -0.4 is 9.80 Å². The van der Waals surface area contributed by atoms with Gasteiger partial charge in [-0.25, -0.2) is 14.6 Å². The number of hydrogen-bond donors (Lipinski definition) is 1. The fourth-order valence-electron chi connectivity index (χ4n) is 5.03. The third kappa shape index (κ3) is 3.51. The highest BCUT2D eigenvalue weighted by molar-refractivity contribution is 5.85. The number of anilines is 2. The van der Waals surface area contributed by atoms with Crippen molar-refractivity contribution in [3.63, 3.8) is 0 Å². The van der Waals surface area contributed by atoms with Gasteiger partial charge < -0.3 is 24.2 Å². The molecule has 0 bridgehead atoms. The minimum absolute atomic E-state index is 0.169. The molecule has 4 aromatic heterocycles. The highest BCUT2D eigenvalue weighted by Crippen LogP contribution is 2.29.